The number of aryl methyl sites for hydroxylation is 1. The van der Waals surface area contributed by atoms with E-state index in [9.17, 15) is 4.79 Å². The van der Waals surface area contributed by atoms with Gasteiger partial charge >= 0.3 is 5.97 Å². The summed E-state index contributed by atoms with van der Waals surface area (Å²) in [6, 6.07) is 8.04. The van der Waals surface area contributed by atoms with E-state index >= 15 is 0 Å². The molecule has 0 radical (unpaired) electrons. The van der Waals surface area contributed by atoms with Gasteiger partial charge in [-0.25, -0.2) is 0 Å². The highest BCUT2D eigenvalue weighted by molar-refractivity contribution is 5.69. The Bertz CT molecular complexity index is 323. The SMILES string of the molecule is Cc1ccccc1[C@@H](C)NCC(=O)O. The van der Waals surface area contributed by atoms with E-state index in [2.05, 4.69) is 5.32 Å². The van der Waals surface area contributed by atoms with Crippen molar-refractivity contribution in [3.05, 3.63) is 35.4 Å². The summed E-state index contributed by atoms with van der Waals surface area (Å²) in [6.45, 7) is 3.98. The third kappa shape index (κ3) is 2.85. The van der Waals surface area contributed by atoms with Crippen LogP contribution in [0.2, 0.25) is 0 Å². The van der Waals surface area contributed by atoms with Gasteiger partial charge in [-0.2, -0.15) is 0 Å². The second-order valence-corrected chi connectivity index (χ2v) is 3.35. The number of carboxylic acid groups (broad SMARTS) is 1. The number of nitrogens with one attached hydrogen (secondary N) is 1. The largest absolute Gasteiger partial charge is 0.480 e. The zero-order valence-electron chi connectivity index (χ0n) is 8.45. The van der Waals surface area contributed by atoms with E-state index in [-0.39, 0.29) is 12.6 Å². The van der Waals surface area contributed by atoms with Crippen LogP contribution in [0.15, 0.2) is 24.3 Å². The highest BCUT2D eigenvalue weighted by Crippen LogP contribution is 2.15. The van der Waals surface area contributed by atoms with Gasteiger partial charge in [0.1, 0.15) is 0 Å². The van der Waals surface area contributed by atoms with Crippen LogP contribution in [0, 0.1) is 6.92 Å². The van der Waals surface area contributed by atoms with E-state index in [1.165, 1.54) is 5.56 Å². The predicted molar refractivity (Wildman–Crippen MR) is 55.2 cm³/mol. The summed E-state index contributed by atoms with van der Waals surface area (Å²) >= 11 is 0. The van der Waals surface area contributed by atoms with Crippen molar-refractivity contribution in [1.82, 2.24) is 5.32 Å². The van der Waals surface area contributed by atoms with Gasteiger partial charge in [-0.1, -0.05) is 24.3 Å². The van der Waals surface area contributed by atoms with E-state index in [1.807, 2.05) is 38.1 Å². The summed E-state index contributed by atoms with van der Waals surface area (Å²) < 4.78 is 0. The smallest absolute Gasteiger partial charge is 0.317 e. The monoisotopic (exact) mass is 193 g/mol. The van der Waals surface area contributed by atoms with Gasteiger partial charge in [-0.3, -0.25) is 4.79 Å². The van der Waals surface area contributed by atoms with Crippen LogP contribution in [0.25, 0.3) is 0 Å². The van der Waals surface area contributed by atoms with Crippen molar-refractivity contribution in [3.63, 3.8) is 0 Å². The van der Waals surface area contributed by atoms with Gasteiger partial charge in [0.2, 0.25) is 0 Å². The van der Waals surface area contributed by atoms with Crippen molar-refractivity contribution >= 4 is 5.97 Å². The second-order valence-electron chi connectivity index (χ2n) is 3.35. The number of rotatable bonds is 4. The van der Waals surface area contributed by atoms with Gasteiger partial charge in [-0.05, 0) is 25.0 Å². The lowest BCUT2D eigenvalue weighted by atomic mass is 10.0. The van der Waals surface area contributed by atoms with Crippen molar-refractivity contribution in [2.75, 3.05) is 6.54 Å². The van der Waals surface area contributed by atoms with Gasteiger partial charge < -0.3 is 10.4 Å². The molecule has 0 bridgehead atoms. The molecule has 0 amide bonds. The fraction of sp³-hybridized carbons (Fsp3) is 0.364. The van der Waals surface area contributed by atoms with Crippen molar-refractivity contribution in [2.45, 2.75) is 19.9 Å². The van der Waals surface area contributed by atoms with Gasteiger partial charge in [0.15, 0.2) is 0 Å². The summed E-state index contributed by atoms with van der Waals surface area (Å²) in [4.78, 5) is 10.4. The van der Waals surface area contributed by atoms with Gasteiger partial charge in [0.25, 0.3) is 0 Å². The standard InChI is InChI=1S/C11H15NO2/c1-8-5-3-4-6-10(8)9(2)12-7-11(13)14/h3-6,9,12H,7H2,1-2H3,(H,13,14)/t9-/m1/s1. The van der Waals surface area contributed by atoms with Crippen LogP contribution in [0.1, 0.15) is 24.1 Å². The maximum Gasteiger partial charge on any atom is 0.317 e. The van der Waals surface area contributed by atoms with E-state index in [1.54, 1.807) is 0 Å². The first-order valence-corrected chi connectivity index (χ1v) is 4.62. The molecule has 3 nitrogen and oxygen atoms in total. The summed E-state index contributed by atoms with van der Waals surface area (Å²) in [5, 5.41) is 11.5. The third-order valence-corrected chi connectivity index (χ3v) is 2.21. The Kier molecular flexibility index (Phi) is 3.65. The molecule has 1 atom stereocenters. The van der Waals surface area contributed by atoms with E-state index in [0.29, 0.717) is 0 Å². The summed E-state index contributed by atoms with van der Waals surface area (Å²) in [6.07, 6.45) is 0. The Morgan fingerprint density at radius 2 is 2.14 bits per heavy atom. The molecule has 0 heterocycles. The Morgan fingerprint density at radius 1 is 1.50 bits per heavy atom. The molecular weight excluding hydrogens is 178 g/mol. The molecule has 3 heteroatoms. The first kappa shape index (κ1) is 10.7. The molecular formula is C11H15NO2. The molecule has 0 saturated heterocycles. The fourth-order valence-electron chi connectivity index (χ4n) is 1.42. The maximum atomic E-state index is 10.4. The van der Waals surface area contributed by atoms with Gasteiger partial charge in [0, 0.05) is 6.04 Å². The normalized spacial score (nSPS) is 12.4. The Hall–Kier alpha value is -1.35. The lowest BCUT2D eigenvalue weighted by molar-refractivity contribution is -0.136. The summed E-state index contributed by atoms with van der Waals surface area (Å²) in [5.41, 5.74) is 2.33. The predicted octanol–water partition coefficient (Wildman–Crippen LogP) is 1.73. The molecule has 1 aromatic rings. The maximum absolute atomic E-state index is 10.4. The van der Waals surface area contributed by atoms with Crippen molar-refractivity contribution in [1.29, 1.82) is 0 Å². The van der Waals surface area contributed by atoms with Crippen LogP contribution >= 0.6 is 0 Å². The van der Waals surface area contributed by atoms with Crippen LogP contribution < -0.4 is 5.32 Å². The van der Waals surface area contributed by atoms with E-state index in [4.69, 9.17) is 5.11 Å². The molecule has 0 fully saturated rings. The number of carbonyl (C=O) groups is 1. The second kappa shape index (κ2) is 4.77. The molecule has 0 spiro atoms. The lowest BCUT2D eigenvalue weighted by Crippen LogP contribution is -2.25. The van der Waals surface area contributed by atoms with Crippen molar-refractivity contribution in [3.8, 4) is 0 Å². The van der Waals surface area contributed by atoms with Crippen molar-refractivity contribution < 1.29 is 9.90 Å². The first-order valence-electron chi connectivity index (χ1n) is 4.62. The molecule has 0 aliphatic rings. The lowest BCUT2D eigenvalue weighted by Gasteiger charge is -2.14. The molecule has 0 aliphatic carbocycles. The van der Waals surface area contributed by atoms with E-state index < -0.39 is 5.97 Å². The average Bonchev–Trinajstić information content (AvgIpc) is 2.15. The van der Waals surface area contributed by atoms with Gasteiger partial charge in [-0.15, -0.1) is 0 Å². The Balaban J connectivity index is 2.65. The minimum atomic E-state index is -0.828. The molecule has 1 aromatic carbocycles. The molecule has 0 aliphatic heterocycles. The molecule has 0 saturated carbocycles. The minimum Gasteiger partial charge on any atom is -0.480 e. The Morgan fingerprint density at radius 3 is 2.71 bits per heavy atom. The van der Waals surface area contributed by atoms with E-state index in [0.717, 1.165) is 5.56 Å². The van der Waals surface area contributed by atoms with Crippen molar-refractivity contribution in [2.24, 2.45) is 0 Å². The summed E-state index contributed by atoms with van der Waals surface area (Å²) in [5.74, 6) is -0.828. The zero-order chi connectivity index (χ0) is 10.6. The zero-order valence-corrected chi connectivity index (χ0v) is 8.45. The number of benzene rings is 1. The molecule has 14 heavy (non-hydrogen) atoms. The third-order valence-electron chi connectivity index (χ3n) is 2.21. The molecule has 0 aromatic heterocycles. The van der Waals surface area contributed by atoms with Crippen LogP contribution in [0.4, 0.5) is 0 Å². The first-order chi connectivity index (χ1) is 6.61. The molecule has 2 N–H and O–H groups in total. The van der Waals surface area contributed by atoms with Crippen LogP contribution in [-0.4, -0.2) is 17.6 Å². The molecule has 76 valence electrons. The number of hydrogen-bond acceptors (Lipinski definition) is 2. The minimum absolute atomic E-state index is 0.00446. The number of hydrogen-bond donors (Lipinski definition) is 2. The molecule has 0 unspecified atom stereocenters. The fourth-order valence-corrected chi connectivity index (χ4v) is 1.42. The summed E-state index contributed by atoms with van der Waals surface area (Å²) in [7, 11) is 0. The Labute approximate surface area is 83.8 Å². The van der Waals surface area contributed by atoms with Gasteiger partial charge in [0.05, 0.1) is 6.54 Å². The number of carboxylic acids is 1. The van der Waals surface area contributed by atoms with Crippen LogP contribution in [0.5, 0.6) is 0 Å². The highest BCUT2D eigenvalue weighted by Gasteiger charge is 2.07. The highest BCUT2D eigenvalue weighted by atomic mass is 16.4. The topological polar surface area (TPSA) is 49.3 Å². The quantitative estimate of drug-likeness (QED) is 0.765. The van der Waals surface area contributed by atoms with Crippen LogP contribution in [-0.2, 0) is 4.79 Å². The average molecular weight is 193 g/mol. The number of aliphatic carboxylic acids is 1. The molecule has 1 rings (SSSR count). The van der Waals surface area contributed by atoms with Crippen LogP contribution in [0.3, 0.4) is 0 Å².